The highest BCUT2D eigenvalue weighted by Gasteiger charge is 2.40. The Labute approximate surface area is 260 Å². The molecule has 0 spiro atoms. The molecule has 14 nitrogen and oxygen atoms in total. The van der Waals surface area contributed by atoms with Crippen LogP contribution >= 0.6 is 0 Å². The minimum atomic E-state index is -1.80. The molecular formula is C31H39N5O9. The SMILES string of the molecule is C[C@@H](O)[C@H](NC(=O)[C@@H]1CCCN1C(=O)[C@H](Cc1ccccc1)NC(=O)[C@@H](N)Cc1ccccc1)C(=O)N[C@@H](CC(=O)O)C(=O)O. The van der Waals surface area contributed by atoms with Gasteiger partial charge in [-0.25, -0.2) is 4.79 Å². The zero-order chi connectivity index (χ0) is 33.1. The molecule has 0 radical (unpaired) electrons. The summed E-state index contributed by atoms with van der Waals surface area (Å²) in [6.45, 7) is 1.37. The Morgan fingerprint density at radius 3 is 1.93 bits per heavy atom. The van der Waals surface area contributed by atoms with E-state index in [1.165, 1.54) is 11.8 Å². The predicted octanol–water partition coefficient (Wildman–Crippen LogP) is -0.815. The number of carbonyl (C=O) groups is 6. The van der Waals surface area contributed by atoms with Gasteiger partial charge in [0, 0.05) is 13.0 Å². The number of carboxylic acids is 2. The maximum atomic E-state index is 13.9. The maximum absolute atomic E-state index is 13.9. The van der Waals surface area contributed by atoms with Gasteiger partial charge in [0.2, 0.25) is 23.6 Å². The summed E-state index contributed by atoms with van der Waals surface area (Å²) >= 11 is 0. The third-order valence-electron chi connectivity index (χ3n) is 7.43. The van der Waals surface area contributed by atoms with E-state index in [2.05, 4.69) is 10.6 Å². The summed E-state index contributed by atoms with van der Waals surface area (Å²) in [6.07, 6.45) is -1.39. The standard InChI is InChI=1S/C31H39N5O9/c1-18(37)26(29(42)34-23(31(44)45)17-25(38)39)35-28(41)24-13-8-14-36(24)30(43)22(16-20-11-6-3-7-12-20)33-27(40)21(32)15-19-9-4-2-5-10-19/h2-7,9-12,18,21-24,26,37H,8,13-17,32H2,1H3,(H,33,40)(H,34,42)(H,35,41)(H,38,39)(H,44,45)/t18-,21+,22+,23+,24+,26+/m1/s1. The number of aliphatic carboxylic acids is 2. The molecule has 0 saturated carbocycles. The van der Waals surface area contributed by atoms with Crippen molar-refractivity contribution in [3.63, 3.8) is 0 Å². The number of amides is 4. The molecule has 0 aromatic heterocycles. The zero-order valence-corrected chi connectivity index (χ0v) is 24.8. The van der Waals surface area contributed by atoms with Crippen LogP contribution in [0.15, 0.2) is 60.7 Å². The predicted molar refractivity (Wildman–Crippen MR) is 160 cm³/mol. The van der Waals surface area contributed by atoms with Crippen molar-refractivity contribution in [3.8, 4) is 0 Å². The second-order valence-electron chi connectivity index (χ2n) is 11.0. The molecule has 6 atom stereocenters. The molecule has 1 heterocycles. The van der Waals surface area contributed by atoms with Crippen LogP contribution in [0.5, 0.6) is 0 Å². The van der Waals surface area contributed by atoms with Crippen LogP contribution in [0.3, 0.4) is 0 Å². The lowest BCUT2D eigenvalue weighted by Crippen LogP contribution is -2.60. The van der Waals surface area contributed by atoms with Crippen LogP contribution in [0.2, 0.25) is 0 Å². The van der Waals surface area contributed by atoms with Gasteiger partial charge in [0.1, 0.15) is 24.2 Å². The number of nitrogens with two attached hydrogens (primary N) is 1. The first-order chi connectivity index (χ1) is 21.4. The summed E-state index contributed by atoms with van der Waals surface area (Å²) in [5, 5.41) is 35.6. The highest BCUT2D eigenvalue weighted by atomic mass is 16.4. The number of nitrogens with one attached hydrogen (secondary N) is 3. The highest BCUT2D eigenvalue weighted by molar-refractivity contribution is 5.96. The van der Waals surface area contributed by atoms with Crippen molar-refractivity contribution in [3.05, 3.63) is 71.8 Å². The summed E-state index contributed by atoms with van der Waals surface area (Å²) in [7, 11) is 0. The van der Waals surface area contributed by atoms with Crippen LogP contribution in [0.1, 0.15) is 37.3 Å². The summed E-state index contributed by atoms with van der Waals surface area (Å²) in [5.74, 6) is -6.06. The fraction of sp³-hybridized carbons (Fsp3) is 0.419. The number of benzene rings is 2. The monoisotopic (exact) mass is 625 g/mol. The number of likely N-dealkylation sites (tertiary alicyclic amines) is 1. The topological polar surface area (TPSA) is 228 Å². The minimum Gasteiger partial charge on any atom is -0.481 e. The molecule has 45 heavy (non-hydrogen) atoms. The number of carboxylic acid groups (broad SMARTS) is 2. The van der Waals surface area contributed by atoms with E-state index < -0.39 is 78.3 Å². The quantitative estimate of drug-likeness (QED) is 0.130. The van der Waals surface area contributed by atoms with Crippen LogP contribution in [0.4, 0.5) is 0 Å². The third-order valence-corrected chi connectivity index (χ3v) is 7.43. The second-order valence-corrected chi connectivity index (χ2v) is 11.0. The molecule has 1 aliphatic heterocycles. The Kier molecular flexibility index (Phi) is 12.6. The molecule has 2 aromatic carbocycles. The van der Waals surface area contributed by atoms with Crippen molar-refractivity contribution in [2.45, 2.75) is 75.3 Å². The van der Waals surface area contributed by atoms with E-state index in [1.54, 1.807) is 24.3 Å². The largest absolute Gasteiger partial charge is 0.481 e. The average Bonchev–Trinajstić information content (AvgIpc) is 3.49. The van der Waals surface area contributed by atoms with Gasteiger partial charge in [-0.1, -0.05) is 60.7 Å². The van der Waals surface area contributed by atoms with Crippen LogP contribution in [-0.2, 0) is 41.6 Å². The highest BCUT2D eigenvalue weighted by Crippen LogP contribution is 2.20. The number of aliphatic hydroxyl groups excluding tert-OH is 1. The fourth-order valence-corrected chi connectivity index (χ4v) is 5.08. The first kappa shape index (κ1) is 34.7. The molecule has 1 aliphatic rings. The van der Waals surface area contributed by atoms with E-state index in [-0.39, 0.29) is 25.8 Å². The molecule has 2 aromatic rings. The lowest BCUT2D eigenvalue weighted by molar-refractivity contribution is -0.148. The van der Waals surface area contributed by atoms with Crippen molar-refractivity contribution in [2.24, 2.45) is 5.73 Å². The Hall–Kier alpha value is -4.82. The van der Waals surface area contributed by atoms with Crippen molar-refractivity contribution in [2.75, 3.05) is 6.54 Å². The van der Waals surface area contributed by atoms with E-state index in [9.17, 15) is 39.0 Å². The number of aliphatic hydroxyl groups is 1. The van der Waals surface area contributed by atoms with E-state index >= 15 is 0 Å². The van der Waals surface area contributed by atoms with Gasteiger partial charge < -0.3 is 41.9 Å². The summed E-state index contributed by atoms with van der Waals surface area (Å²) in [5.41, 5.74) is 7.78. The molecule has 4 amide bonds. The number of hydrogen-bond donors (Lipinski definition) is 7. The summed E-state index contributed by atoms with van der Waals surface area (Å²) in [4.78, 5) is 76.9. The summed E-state index contributed by atoms with van der Waals surface area (Å²) < 4.78 is 0. The van der Waals surface area contributed by atoms with Gasteiger partial charge in [-0.05, 0) is 37.3 Å². The molecule has 1 saturated heterocycles. The minimum absolute atomic E-state index is 0.118. The number of carbonyl (C=O) groups excluding carboxylic acids is 4. The van der Waals surface area contributed by atoms with Crippen molar-refractivity contribution >= 4 is 35.6 Å². The van der Waals surface area contributed by atoms with Gasteiger partial charge in [0.25, 0.3) is 0 Å². The Bertz CT molecular complexity index is 1360. The second kappa shape index (κ2) is 16.3. The fourth-order valence-electron chi connectivity index (χ4n) is 5.08. The van der Waals surface area contributed by atoms with E-state index in [4.69, 9.17) is 10.8 Å². The van der Waals surface area contributed by atoms with Crippen LogP contribution in [0.25, 0.3) is 0 Å². The first-order valence-corrected chi connectivity index (χ1v) is 14.5. The number of rotatable bonds is 15. The van der Waals surface area contributed by atoms with E-state index in [1.807, 2.05) is 41.7 Å². The lowest BCUT2D eigenvalue weighted by atomic mass is 10.0. The molecule has 1 fully saturated rings. The first-order valence-electron chi connectivity index (χ1n) is 14.5. The Morgan fingerprint density at radius 2 is 1.40 bits per heavy atom. The molecule has 0 aliphatic carbocycles. The van der Waals surface area contributed by atoms with E-state index in [0.717, 1.165) is 11.1 Å². The lowest BCUT2D eigenvalue weighted by Gasteiger charge is -2.31. The molecule has 3 rings (SSSR count). The van der Waals surface area contributed by atoms with Gasteiger partial charge in [0.05, 0.1) is 18.6 Å². The average molecular weight is 626 g/mol. The number of nitrogens with zero attached hydrogens (tertiary/aromatic N) is 1. The number of hydrogen-bond acceptors (Lipinski definition) is 8. The van der Waals surface area contributed by atoms with Crippen molar-refractivity contribution < 1.29 is 44.1 Å². The molecule has 0 bridgehead atoms. The Balaban J connectivity index is 1.76. The van der Waals surface area contributed by atoms with Gasteiger partial charge in [-0.3, -0.25) is 24.0 Å². The van der Waals surface area contributed by atoms with Gasteiger partial charge >= 0.3 is 11.9 Å². The smallest absolute Gasteiger partial charge is 0.326 e. The van der Waals surface area contributed by atoms with E-state index in [0.29, 0.717) is 6.42 Å². The van der Waals surface area contributed by atoms with Crippen molar-refractivity contribution in [1.82, 2.24) is 20.9 Å². The molecular weight excluding hydrogens is 586 g/mol. The zero-order valence-electron chi connectivity index (χ0n) is 24.8. The molecule has 8 N–H and O–H groups in total. The normalized spacial score (nSPS) is 17.7. The van der Waals surface area contributed by atoms with Crippen LogP contribution in [-0.4, -0.2) is 98.6 Å². The third kappa shape index (κ3) is 10.1. The van der Waals surface area contributed by atoms with Crippen LogP contribution < -0.4 is 21.7 Å². The molecule has 0 unspecified atom stereocenters. The summed E-state index contributed by atoms with van der Waals surface area (Å²) in [6, 6.07) is 11.6. The van der Waals surface area contributed by atoms with Gasteiger partial charge in [-0.2, -0.15) is 0 Å². The van der Waals surface area contributed by atoms with Gasteiger partial charge in [0.15, 0.2) is 0 Å². The Morgan fingerprint density at radius 1 is 0.844 bits per heavy atom. The maximum Gasteiger partial charge on any atom is 0.326 e. The van der Waals surface area contributed by atoms with Crippen LogP contribution in [0, 0.1) is 0 Å². The molecule has 242 valence electrons. The molecule has 14 heteroatoms. The van der Waals surface area contributed by atoms with Gasteiger partial charge in [-0.15, -0.1) is 0 Å². The van der Waals surface area contributed by atoms with Crippen molar-refractivity contribution in [1.29, 1.82) is 0 Å².